The van der Waals surface area contributed by atoms with Gasteiger partial charge in [0.1, 0.15) is 18.3 Å². The minimum atomic E-state index is -2.83. The third-order valence-corrected chi connectivity index (χ3v) is 11.7. The van der Waals surface area contributed by atoms with Gasteiger partial charge in [-0.05, 0) is 55.4 Å². The van der Waals surface area contributed by atoms with Crippen LogP contribution in [0.2, 0.25) is 18.6 Å². The van der Waals surface area contributed by atoms with Crippen molar-refractivity contribution in [2.75, 3.05) is 16.8 Å². The topological polar surface area (TPSA) is 189 Å². The fourth-order valence-corrected chi connectivity index (χ4v) is 9.79. The van der Waals surface area contributed by atoms with Gasteiger partial charge in [0.15, 0.2) is 26.3 Å². The van der Waals surface area contributed by atoms with E-state index in [1.807, 2.05) is 38.2 Å². The Morgan fingerprint density at radius 2 is 1.81 bits per heavy atom. The van der Waals surface area contributed by atoms with Crippen LogP contribution in [0.25, 0.3) is 0 Å². The highest BCUT2D eigenvalue weighted by molar-refractivity contribution is 9.10. The van der Waals surface area contributed by atoms with Gasteiger partial charge in [-0.1, -0.05) is 35.0 Å². The molecule has 12 nitrogen and oxygen atoms in total. The Labute approximate surface area is 258 Å². The molecule has 0 aliphatic carbocycles. The molecule has 5 rings (SSSR count). The Kier molecular flexibility index (Phi) is 8.92. The van der Waals surface area contributed by atoms with Gasteiger partial charge in [-0.25, -0.2) is 0 Å². The smallest absolute Gasteiger partial charge is 0.264 e. The van der Waals surface area contributed by atoms with Crippen LogP contribution in [-0.4, -0.2) is 93.9 Å². The molecular weight excluding hydrogens is 644 g/mol. The summed E-state index contributed by atoms with van der Waals surface area (Å²) in [5, 5.41) is 52.0. The van der Waals surface area contributed by atoms with Crippen LogP contribution in [0.1, 0.15) is 24.5 Å². The number of aliphatic hydroxyl groups excluding tert-OH is 5. The molecule has 2 aromatic carbocycles. The predicted molar refractivity (Wildman–Crippen MR) is 160 cm³/mol. The largest absolute Gasteiger partial charge is 0.432 e. The first-order valence-electron chi connectivity index (χ1n) is 14.1. The van der Waals surface area contributed by atoms with Crippen LogP contribution in [0, 0.1) is 5.92 Å². The van der Waals surface area contributed by atoms with Crippen LogP contribution in [0.15, 0.2) is 46.9 Å². The summed E-state index contributed by atoms with van der Waals surface area (Å²) in [5.41, 5.74) is 0.634. The summed E-state index contributed by atoms with van der Waals surface area (Å²) >= 11 is 3.52. The number of halogens is 1. The van der Waals surface area contributed by atoms with Gasteiger partial charge in [-0.3, -0.25) is 9.59 Å². The van der Waals surface area contributed by atoms with Gasteiger partial charge in [-0.2, -0.15) is 0 Å². The first-order chi connectivity index (χ1) is 20.2. The second-order valence-corrected chi connectivity index (χ2v) is 16.9. The highest BCUT2D eigenvalue weighted by atomic mass is 79.9. The van der Waals surface area contributed by atoms with E-state index < -0.39 is 56.6 Å². The van der Waals surface area contributed by atoms with Crippen molar-refractivity contribution < 1.29 is 49.4 Å². The molecule has 234 valence electrons. The van der Waals surface area contributed by atoms with Gasteiger partial charge in [-0.15, -0.1) is 0 Å². The Morgan fingerprint density at radius 3 is 2.49 bits per heavy atom. The van der Waals surface area contributed by atoms with Crippen LogP contribution >= 0.6 is 15.9 Å². The molecule has 2 saturated heterocycles. The molecule has 3 heterocycles. The standard InChI is InChI=1S/C29H37BrN2O10Si/c1-14-25(43(2,3)40)20(9-10-33)42-29(14)18-12-16(30)7-8-19(18)32(28(29)39)13-15-5-4-6-17(11-15)31-26(37)24-22(35)21(34)23(36)27(38)41-24/h4-8,11-12,14,20-25,27,33-36,38,40H,9-10,13H2,1-3H3,(H,31,37)/t14-,20+,21-,22-,23+,24-,25-,27+,29+/m0/s1. The Balaban J connectivity index is 1.42. The minimum Gasteiger partial charge on any atom is -0.432 e. The lowest BCUT2D eigenvalue weighted by Gasteiger charge is -2.37. The maximum absolute atomic E-state index is 14.4. The SMILES string of the molecule is C[C@H]1[C@H]([Si](C)(C)O)[C@@H](CCO)O[C@]12C(=O)N(Cc1cccc(NC(=O)[C@H]3O[C@@H](O)[C@H](O)[C@@H](O)[C@@H]3O)c1)c1ccc(Br)cc12. The van der Waals surface area contributed by atoms with E-state index in [2.05, 4.69) is 21.2 Å². The van der Waals surface area contributed by atoms with Crippen molar-refractivity contribution in [3.05, 3.63) is 58.1 Å². The molecule has 0 aromatic heterocycles. The van der Waals surface area contributed by atoms with Gasteiger partial charge < -0.3 is 50.0 Å². The summed E-state index contributed by atoms with van der Waals surface area (Å²) in [6.45, 7) is 5.54. The number of amides is 2. The van der Waals surface area contributed by atoms with Crippen molar-refractivity contribution >= 4 is 47.4 Å². The first-order valence-corrected chi connectivity index (χ1v) is 17.9. The first kappa shape index (κ1) is 32.2. The van der Waals surface area contributed by atoms with Crippen molar-refractivity contribution in [2.24, 2.45) is 5.92 Å². The lowest BCUT2D eigenvalue weighted by atomic mass is 9.82. The van der Waals surface area contributed by atoms with E-state index in [9.17, 15) is 39.9 Å². The molecule has 3 aliphatic heterocycles. The van der Waals surface area contributed by atoms with E-state index in [0.29, 0.717) is 28.9 Å². The van der Waals surface area contributed by atoms with Gasteiger partial charge in [0.05, 0.1) is 18.3 Å². The van der Waals surface area contributed by atoms with Crippen molar-refractivity contribution in [1.29, 1.82) is 0 Å². The lowest BCUT2D eigenvalue weighted by molar-refractivity contribution is -0.274. The highest BCUT2D eigenvalue weighted by Gasteiger charge is 2.66. The van der Waals surface area contributed by atoms with E-state index in [0.717, 1.165) is 4.47 Å². The summed E-state index contributed by atoms with van der Waals surface area (Å²) in [6, 6.07) is 12.2. The zero-order valence-corrected chi connectivity index (χ0v) is 26.5. The molecular formula is C29H37BrN2O10Si. The molecule has 0 bridgehead atoms. The molecule has 43 heavy (non-hydrogen) atoms. The number of aliphatic hydroxyl groups is 5. The zero-order valence-electron chi connectivity index (χ0n) is 23.9. The molecule has 7 N–H and O–H groups in total. The molecule has 0 saturated carbocycles. The fraction of sp³-hybridized carbons (Fsp3) is 0.517. The molecule has 2 fully saturated rings. The third kappa shape index (κ3) is 5.58. The maximum Gasteiger partial charge on any atom is 0.264 e. The van der Waals surface area contributed by atoms with Crippen molar-refractivity contribution in [2.45, 2.75) is 80.9 Å². The Hall–Kier alpha value is -2.24. The van der Waals surface area contributed by atoms with E-state index >= 15 is 0 Å². The van der Waals surface area contributed by atoms with Gasteiger partial charge in [0, 0.05) is 33.8 Å². The number of carbonyl (C=O) groups excluding carboxylic acids is 2. The number of ether oxygens (including phenoxy) is 2. The van der Waals surface area contributed by atoms with E-state index in [4.69, 9.17) is 9.47 Å². The summed E-state index contributed by atoms with van der Waals surface area (Å²) in [6.07, 6.45) is -9.02. The second-order valence-electron chi connectivity index (χ2n) is 12.0. The number of carbonyl (C=O) groups is 2. The number of nitrogens with zero attached hydrogens (tertiary/aromatic N) is 1. The van der Waals surface area contributed by atoms with Crippen molar-refractivity contribution in [3.8, 4) is 0 Å². The average molecular weight is 682 g/mol. The van der Waals surface area contributed by atoms with Gasteiger partial charge in [0.25, 0.3) is 11.8 Å². The number of fused-ring (bicyclic) bond motifs is 2. The number of hydrogen-bond donors (Lipinski definition) is 7. The van der Waals surface area contributed by atoms with Crippen LogP contribution in [0.3, 0.4) is 0 Å². The number of benzene rings is 2. The molecule has 14 heteroatoms. The normalized spacial score (nSPS) is 34.1. The van der Waals surface area contributed by atoms with Crippen LogP contribution in [0.5, 0.6) is 0 Å². The lowest BCUT2D eigenvalue weighted by Crippen LogP contribution is -2.60. The summed E-state index contributed by atoms with van der Waals surface area (Å²) in [7, 11) is -2.83. The van der Waals surface area contributed by atoms with Gasteiger partial charge >= 0.3 is 0 Å². The summed E-state index contributed by atoms with van der Waals surface area (Å²) in [5.74, 6) is -1.50. The molecule has 3 aliphatic rings. The Morgan fingerprint density at radius 1 is 1.09 bits per heavy atom. The quantitative estimate of drug-likeness (QED) is 0.207. The van der Waals surface area contributed by atoms with E-state index in [-0.39, 0.29) is 30.5 Å². The van der Waals surface area contributed by atoms with E-state index in [1.54, 1.807) is 29.2 Å². The van der Waals surface area contributed by atoms with E-state index in [1.165, 1.54) is 0 Å². The van der Waals surface area contributed by atoms with Crippen LogP contribution in [0.4, 0.5) is 11.4 Å². The zero-order chi connectivity index (χ0) is 31.4. The molecule has 0 unspecified atom stereocenters. The van der Waals surface area contributed by atoms with Crippen molar-refractivity contribution in [3.63, 3.8) is 0 Å². The molecule has 2 aromatic rings. The van der Waals surface area contributed by atoms with Gasteiger partial charge in [0.2, 0.25) is 0 Å². The maximum atomic E-state index is 14.4. The summed E-state index contributed by atoms with van der Waals surface area (Å²) < 4.78 is 12.4. The van der Waals surface area contributed by atoms with Crippen LogP contribution < -0.4 is 10.2 Å². The number of rotatable bonds is 7. The number of nitrogens with one attached hydrogen (secondary N) is 1. The Bertz CT molecular complexity index is 1390. The number of anilines is 2. The molecule has 1 spiro atoms. The minimum absolute atomic E-state index is 0.121. The highest BCUT2D eigenvalue weighted by Crippen LogP contribution is 2.60. The predicted octanol–water partition coefficient (Wildman–Crippen LogP) is 0.915. The molecule has 9 atom stereocenters. The molecule has 2 amide bonds. The van der Waals surface area contributed by atoms with Crippen molar-refractivity contribution in [1.82, 2.24) is 0 Å². The molecule has 0 radical (unpaired) electrons. The monoisotopic (exact) mass is 680 g/mol. The number of hydrogen-bond acceptors (Lipinski definition) is 10. The fourth-order valence-electron chi connectivity index (χ4n) is 6.83. The van der Waals surface area contributed by atoms with Crippen LogP contribution in [-0.2, 0) is 31.2 Å². The third-order valence-electron chi connectivity index (χ3n) is 8.74. The second kappa shape index (κ2) is 11.9. The average Bonchev–Trinajstić information content (AvgIpc) is 3.36. The summed E-state index contributed by atoms with van der Waals surface area (Å²) in [4.78, 5) is 40.1.